The van der Waals surface area contributed by atoms with Crippen LogP contribution in [0.5, 0.6) is 0 Å². The number of aromatic nitrogens is 1. The molecule has 6 atom stereocenters. The molecule has 3 aromatic carbocycles. The van der Waals surface area contributed by atoms with Gasteiger partial charge in [-0.3, -0.25) is 14.6 Å². The van der Waals surface area contributed by atoms with Crippen LogP contribution in [0.2, 0.25) is 0 Å². The fraction of sp³-hybridized carbons (Fsp3) is 0.405. The van der Waals surface area contributed by atoms with Crippen LogP contribution in [0.3, 0.4) is 0 Å². The Kier molecular flexibility index (Phi) is 14.3. The van der Waals surface area contributed by atoms with E-state index in [0.29, 0.717) is 50.6 Å². The summed E-state index contributed by atoms with van der Waals surface area (Å²) in [4.78, 5) is 29.6. The first-order chi connectivity index (χ1) is 24.8. The number of rotatable bonds is 18. The van der Waals surface area contributed by atoms with E-state index in [1.165, 1.54) is 5.56 Å². The lowest BCUT2D eigenvalue weighted by Gasteiger charge is -2.23. The predicted molar refractivity (Wildman–Crippen MR) is 200 cm³/mol. The molecule has 4 aromatic rings. The molecule has 51 heavy (non-hydrogen) atoms. The van der Waals surface area contributed by atoms with E-state index in [1.54, 1.807) is 12.4 Å². The highest BCUT2D eigenvalue weighted by Crippen LogP contribution is 2.38. The van der Waals surface area contributed by atoms with Crippen molar-refractivity contribution in [3.05, 3.63) is 120 Å². The van der Waals surface area contributed by atoms with E-state index in [-0.39, 0.29) is 43.3 Å². The number of allylic oxidation sites excluding steroid dienone is 2. The number of anilines is 1. The third-order valence-corrected chi connectivity index (χ3v) is 10.0. The van der Waals surface area contributed by atoms with Gasteiger partial charge in [0.05, 0.1) is 24.2 Å². The molecule has 0 spiro atoms. The fourth-order valence-corrected chi connectivity index (χ4v) is 7.02. The number of unbranched alkanes of at least 4 members (excludes halogenated alkanes) is 1. The summed E-state index contributed by atoms with van der Waals surface area (Å²) in [7, 11) is 0. The Morgan fingerprint density at radius 1 is 0.922 bits per heavy atom. The van der Waals surface area contributed by atoms with E-state index in [0.717, 1.165) is 28.3 Å². The van der Waals surface area contributed by atoms with Gasteiger partial charge >= 0.3 is 5.97 Å². The zero-order chi connectivity index (χ0) is 36.0. The number of hydrogen-bond donors (Lipinski definition) is 5. The van der Waals surface area contributed by atoms with Gasteiger partial charge in [0, 0.05) is 36.4 Å². The number of nitrogens with one attached hydrogen (secondary N) is 1. The molecule has 1 aliphatic carbocycles. The largest absolute Gasteiger partial charge is 0.461 e. The van der Waals surface area contributed by atoms with Gasteiger partial charge in [0.15, 0.2) is 0 Å². The van der Waals surface area contributed by atoms with Crippen LogP contribution in [-0.2, 0) is 27.4 Å². The van der Waals surface area contributed by atoms with E-state index in [1.807, 2.05) is 78.9 Å². The van der Waals surface area contributed by atoms with Crippen molar-refractivity contribution in [1.82, 2.24) is 4.98 Å². The number of fused-ring (bicyclic) bond motifs is 1. The number of hydrogen-bond acceptors (Lipinski definition) is 8. The molecule has 1 saturated carbocycles. The first kappa shape index (κ1) is 37.8. The molecule has 0 aliphatic heterocycles. The van der Waals surface area contributed by atoms with Crippen molar-refractivity contribution in [3.8, 4) is 0 Å². The summed E-state index contributed by atoms with van der Waals surface area (Å²) in [6, 6.07) is 25.0. The van der Waals surface area contributed by atoms with Crippen molar-refractivity contribution in [2.75, 3.05) is 11.9 Å². The second-order valence-corrected chi connectivity index (χ2v) is 13.7. The second-order valence-electron chi connectivity index (χ2n) is 13.7. The van der Waals surface area contributed by atoms with Crippen molar-refractivity contribution in [1.29, 1.82) is 0 Å². The molecule has 1 aromatic heterocycles. The second kappa shape index (κ2) is 19.3. The maximum absolute atomic E-state index is 13.1. The Labute approximate surface area is 300 Å². The lowest BCUT2D eigenvalue weighted by Crippen LogP contribution is -2.27. The summed E-state index contributed by atoms with van der Waals surface area (Å²) in [6.45, 7) is 0.292. The number of ether oxygens (including phenoxy) is 1. The SMILES string of the molecule is NCC(C(=O)Nc1ccc2cnccc2c1)c1ccc(COC(=O)CCCC=CC[C@@H]2[C@@H](CCC(O)CCc3ccccc3)[C@H](O)C[C@@H]2O)cc1. The van der Waals surface area contributed by atoms with Gasteiger partial charge in [-0.15, -0.1) is 0 Å². The first-order valence-corrected chi connectivity index (χ1v) is 18.1. The number of pyridine rings is 1. The molecule has 0 saturated heterocycles. The van der Waals surface area contributed by atoms with Crippen LogP contribution in [0.4, 0.5) is 5.69 Å². The maximum Gasteiger partial charge on any atom is 0.306 e. The van der Waals surface area contributed by atoms with Gasteiger partial charge < -0.3 is 31.1 Å². The molecule has 9 nitrogen and oxygen atoms in total. The quantitative estimate of drug-likeness (QED) is 0.0469. The summed E-state index contributed by atoms with van der Waals surface area (Å²) < 4.78 is 5.48. The van der Waals surface area contributed by atoms with Crippen LogP contribution in [0.15, 0.2) is 103 Å². The highest BCUT2D eigenvalue weighted by molar-refractivity contribution is 5.98. The first-order valence-electron chi connectivity index (χ1n) is 18.1. The summed E-state index contributed by atoms with van der Waals surface area (Å²) in [5.74, 6) is -1.10. The highest BCUT2D eigenvalue weighted by Gasteiger charge is 2.40. The van der Waals surface area contributed by atoms with E-state index in [9.17, 15) is 24.9 Å². The van der Waals surface area contributed by atoms with Gasteiger partial charge in [-0.25, -0.2) is 0 Å². The van der Waals surface area contributed by atoms with Gasteiger partial charge in [-0.1, -0.05) is 72.8 Å². The molecule has 0 bridgehead atoms. The van der Waals surface area contributed by atoms with Crippen LogP contribution in [0.1, 0.15) is 74.0 Å². The van der Waals surface area contributed by atoms with E-state index >= 15 is 0 Å². The number of carbonyl (C=O) groups excluding carboxylic acids is 2. The topological polar surface area (TPSA) is 155 Å². The molecule has 1 amide bonds. The summed E-state index contributed by atoms with van der Waals surface area (Å²) in [6.07, 6.45) is 11.4. The molecule has 1 fully saturated rings. The van der Waals surface area contributed by atoms with Crippen molar-refractivity contribution in [2.24, 2.45) is 17.6 Å². The Balaban J connectivity index is 0.983. The van der Waals surface area contributed by atoms with Gasteiger partial charge in [0.25, 0.3) is 0 Å². The number of aliphatic hydroxyl groups excluding tert-OH is 3. The molecule has 1 aliphatic rings. The van der Waals surface area contributed by atoms with Crippen molar-refractivity contribution >= 4 is 28.3 Å². The average Bonchev–Trinajstić information content (AvgIpc) is 3.42. The zero-order valence-corrected chi connectivity index (χ0v) is 29.1. The Bertz CT molecular complexity index is 1710. The van der Waals surface area contributed by atoms with Gasteiger partial charge in [-0.05, 0) is 103 Å². The van der Waals surface area contributed by atoms with Crippen molar-refractivity contribution in [3.63, 3.8) is 0 Å². The molecule has 9 heteroatoms. The van der Waals surface area contributed by atoms with Crippen LogP contribution in [0.25, 0.3) is 10.8 Å². The third-order valence-electron chi connectivity index (χ3n) is 10.0. The lowest BCUT2D eigenvalue weighted by atomic mass is 9.85. The average molecular weight is 694 g/mol. The standard InChI is InChI=1S/C42H51N3O6/c43-26-38(42(50)45-34-18-17-33-27-44-23-22-32(33)24-34)31-15-12-30(13-16-31)28-51-41(49)11-7-2-1-6-10-36-37(40(48)25-39(36)47)21-20-35(46)19-14-29-8-4-3-5-9-29/h1,3-6,8-9,12-13,15-18,22-24,27,35-40,46-48H,2,7,10-11,14,19-21,25-26,28,43H2,(H,45,50)/t35?,36-,37-,38?,39+,40-/m1/s1. The minimum absolute atomic E-state index is 0.0491. The number of nitrogens with two attached hydrogens (primary N) is 1. The molecule has 6 N–H and O–H groups in total. The Morgan fingerprint density at radius 2 is 1.71 bits per heavy atom. The monoisotopic (exact) mass is 693 g/mol. The van der Waals surface area contributed by atoms with Gasteiger partial charge in [0.2, 0.25) is 5.91 Å². The Hall–Kier alpha value is -4.41. The maximum atomic E-state index is 13.1. The molecule has 1 heterocycles. The summed E-state index contributed by atoms with van der Waals surface area (Å²) in [5, 5.41) is 36.7. The molecular formula is C42H51N3O6. The number of esters is 1. The molecule has 0 radical (unpaired) electrons. The third kappa shape index (κ3) is 11.3. The van der Waals surface area contributed by atoms with Crippen LogP contribution >= 0.6 is 0 Å². The van der Waals surface area contributed by atoms with Crippen LogP contribution < -0.4 is 11.1 Å². The van der Waals surface area contributed by atoms with Crippen molar-refractivity contribution in [2.45, 2.75) is 88.6 Å². The molecular weight excluding hydrogens is 642 g/mol. The zero-order valence-electron chi connectivity index (χ0n) is 29.1. The minimum atomic E-state index is -0.563. The van der Waals surface area contributed by atoms with E-state index in [2.05, 4.69) is 22.4 Å². The summed E-state index contributed by atoms with van der Waals surface area (Å²) >= 11 is 0. The van der Waals surface area contributed by atoms with E-state index in [4.69, 9.17) is 10.5 Å². The smallest absolute Gasteiger partial charge is 0.306 e. The predicted octanol–water partition coefficient (Wildman–Crippen LogP) is 6.21. The van der Waals surface area contributed by atoms with Crippen LogP contribution in [0, 0.1) is 11.8 Å². The number of aliphatic hydroxyl groups is 3. The Morgan fingerprint density at radius 3 is 2.49 bits per heavy atom. The number of amides is 1. The van der Waals surface area contributed by atoms with Crippen molar-refractivity contribution < 1.29 is 29.6 Å². The van der Waals surface area contributed by atoms with Gasteiger partial charge in [-0.2, -0.15) is 0 Å². The number of benzene rings is 3. The lowest BCUT2D eigenvalue weighted by molar-refractivity contribution is -0.145. The minimum Gasteiger partial charge on any atom is -0.461 e. The molecule has 2 unspecified atom stereocenters. The highest BCUT2D eigenvalue weighted by atomic mass is 16.5. The van der Waals surface area contributed by atoms with Gasteiger partial charge in [0.1, 0.15) is 6.61 Å². The number of nitrogens with zero attached hydrogens (tertiary/aromatic N) is 1. The molecule has 270 valence electrons. The van der Waals surface area contributed by atoms with E-state index < -0.39 is 24.2 Å². The van der Waals surface area contributed by atoms with Crippen LogP contribution in [-0.4, -0.2) is 57.0 Å². The fourth-order valence-electron chi connectivity index (χ4n) is 7.02. The normalized spacial score (nSPS) is 20.0. The summed E-state index contributed by atoms with van der Waals surface area (Å²) in [5.41, 5.74) is 9.48. The number of aryl methyl sites for hydroxylation is 1. The number of carbonyl (C=O) groups is 2. The molecule has 5 rings (SSSR count).